The number of benzene rings is 1. The summed E-state index contributed by atoms with van der Waals surface area (Å²) in [5, 5.41) is 3.72. The van der Waals surface area contributed by atoms with Gasteiger partial charge in [0.05, 0.1) is 6.61 Å². The first-order chi connectivity index (χ1) is 9.70. The van der Waals surface area contributed by atoms with E-state index >= 15 is 0 Å². The topological polar surface area (TPSA) is 21.3 Å². The van der Waals surface area contributed by atoms with Crippen molar-refractivity contribution in [1.29, 1.82) is 0 Å². The molecule has 112 valence electrons. The Morgan fingerprint density at radius 2 is 2.00 bits per heavy atom. The van der Waals surface area contributed by atoms with E-state index in [4.69, 9.17) is 4.74 Å². The van der Waals surface area contributed by atoms with Gasteiger partial charge in [0.15, 0.2) is 0 Å². The average molecular weight is 275 g/mol. The van der Waals surface area contributed by atoms with Gasteiger partial charge in [-0.05, 0) is 42.9 Å². The quantitative estimate of drug-likeness (QED) is 0.818. The summed E-state index contributed by atoms with van der Waals surface area (Å²) in [6.07, 6.45) is 3.51. The standard InChI is InChI=1S/C18H29NO/c1-4-10-19-18(17-9-11-20-13-17)12-15-5-7-16(8-6-15)14(2)3/h5-8,14,17-19H,4,9-13H2,1-3H3. The molecule has 0 bridgehead atoms. The van der Waals surface area contributed by atoms with E-state index in [0.29, 0.717) is 17.9 Å². The van der Waals surface area contributed by atoms with Crippen molar-refractivity contribution in [3.63, 3.8) is 0 Å². The highest BCUT2D eigenvalue weighted by Crippen LogP contribution is 2.21. The van der Waals surface area contributed by atoms with E-state index in [1.54, 1.807) is 0 Å². The van der Waals surface area contributed by atoms with Gasteiger partial charge in [0.1, 0.15) is 0 Å². The molecule has 0 radical (unpaired) electrons. The van der Waals surface area contributed by atoms with E-state index in [1.165, 1.54) is 24.0 Å². The Morgan fingerprint density at radius 1 is 1.25 bits per heavy atom. The fourth-order valence-electron chi connectivity index (χ4n) is 2.90. The van der Waals surface area contributed by atoms with E-state index in [0.717, 1.165) is 26.2 Å². The molecule has 2 unspecified atom stereocenters. The van der Waals surface area contributed by atoms with Crippen LogP contribution in [0.5, 0.6) is 0 Å². The first kappa shape index (κ1) is 15.5. The minimum atomic E-state index is 0.558. The Kier molecular flexibility index (Phi) is 6.06. The summed E-state index contributed by atoms with van der Waals surface area (Å²) < 4.78 is 5.57. The molecular weight excluding hydrogens is 246 g/mol. The molecule has 0 aromatic heterocycles. The summed E-state index contributed by atoms with van der Waals surface area (Å²) in [6.45, 7) is 9.68. The van der Waals surface area contributed by atoms with Crippen molar-refractivity contribution < 1.29 is 4.74 Å². The molecule has 1 aromatic carbocycles. The Hall–Kier alpha value is -0.860. The lowest BCUT2D eigenvalue weighted by molar-refractivity contribution is 0.176. The van der Waals surface area contributed by atoms with Crippen LogP contribution >= 0.6 is 0 Å². The van der Waals surface area contributed by atoms with Crippen molar-refractivity contribution in [2.24, 2.45) is 5.92 Å². The summed E-state index contributed by atoms with van der Waals surface area (Å²) in [7, 11) is 0. The third-order valence-corrected chi connectivity index (χ3v) is 4.29. The van der Waals surface area contributed by atoms with Crippen LogP contribution in [0.15, 0.2) is 24.3 Å². The van der Waals surface area contributed by atoms with E-state index in [-0.39, 0.29) is 0 Å². The van der Waals surface area contributed by atoms with E-state index in [9.17, 15) is 0 Å². The molecule has 1 saturated heterocycles. The first-order valence-electron chi connectivity index (χ1n) is 8.10. The molecule has 0 amide bonds. The minimum absolute atomic E-state index is 0.558. The smallest absolute Gasteiger partial charge is 0.0510 e. The molecule has 1 heterocycles. The van der Waals surface area contributed by atoms with Crippen LogP contribution < -0.4 is 5.32 Å². The lowest BCUT2D eigenvalue weighted by Crippen LogP contribution is -2.38. The molecule has 1 aromatic rings. The fourth-order valence-corrected chi connectivity index (χ4v) is 2.90. The van der Waals surface area contributed by atoms with Crippen LogP contribution in [-0.4, -0.2) is 25.8 Å². The van der Waals surface area contributed by atoms with Crippen LogP contribution in [-0.2, 0) is 11.2 Å². The first-order valence-corrected chi connectivity index (χ1v) is 8.10. The molecule has 2 rings (SSSR count). The highest BCUT2D eigenvalue weighted by molar-refractivity contribution is 5.25. The molecule has 0 aliphatic carbocycles. The van der Waals surface area contributed by atoms with Crippen molar-refractivity contribution in [2.75, 3.05) is 19.8 Å². The van der Waals surface area contributed by atoms with Gasteiger partial charge in [-0.3, -0.25) is 0 Å². The Morgan fingerprint density at radius 3 is 2.55 bits per heavy atom. The Bertz CT molecular complexity index is 379. The van der Waals surface area contributed by atoms with Crippen molar-refractivity contribution in [1.82, 2.24) is 5.32 Å². The number of rotatable bonds is 7. The molecule has 1 aliphatic heterocycles. The predicted octanol–water partition coefficient (Wildman–Crippen LogP) is 3.76. The van der Waals surface area contributed by atoms with Gasteiger partial charge in [-0.1, -0.05) is 45.0 Å². The summed E-state index contributed by atoms with van der Waals surface area (Å²) in [6, 6.07) is 9.71. The molecule has 1 N–H and O–H groups in total. The Labute approximate surface area is 123 Å². The van der Waals surface area contributed by atoms with E-state index < -0.39 is 0 Å². The highest BCUT2D eigenvalue weighted by Gasteiger charge is 2.25. The van der Waals surface area contributed by atoms with E-state index in [1.807, 2.05) is 0 Å². The van der Waals surface area contributed by atoms with Gasteiger partial charge in [-0.2, -0.15) is 0 Å². The SMILES string of the molecule is CCCNC(Cc1ccc(C(C)C)cc1)C1CCOC1. The molecule has 1 aliphatic rings. The van der Waals surface area contributed by atoms with Crippen molar-refractivity contribution in [2.45, 2.75) is 52.0 Å². The van der Waals surface area contributed by atoms with Gasteiger partial charge in [0.25, 0.3) is 0 Å². The molecule has 20 heavy (non-hydrogen) atoms. The van der Waals surface area contributed by atoms with Gasteiger partial charge in [-0.15, -0.1) is 0 Å². The van der Waals surface area contributed by atoms with Crippen LogP contribution in [0.4, 0.5) is 0 Å². The number of nitrogens with one attached hydrogen (secondary N) is 1. The average Bonchev–Trinajstić information content (AvgIpc) is 2.98. The van der Waals surface area contributed by atoms with Gasteiger partial charge >= 0.3 is 0 Å². The van der Waals surface area contributed by atoms with Crippen LogP contribution in [0.2, 0.25) is 0 Å². The number of hydrogen-bond donors (Lipinski definition) is 1. The zero-order chi connectivity index (χ0) is 14.4. The van der Waals surface area contributed by atoms with Gasteiger partial charge in [0, 0.05) is 18.6 Å². The predicted molar refractivity (Wildman–Crippen MR) is 85.2 cm³/mol. The maximum Gasteiger partial charge on any atom is 0.0510 e. The second-order valence-corrected chi connectivity index (χ2v) is 6.28. The van der Waals surface area contributed by atoms with Crippen LogP contribution in [0.1, 0.15) is 50.7 Å². The minimum Gasteiger partial charge on any atom is -0.381 e. The van der Waals surface area contributed by atoms with Gasteiger partial charge in [-0.25, -0.2) is 0 Å². The normalized spacial score (nSPS) is 20.5. The number of ether oxygens (including phenoxy) is 1. The van der Waals surface area contributed by atoms with E-state index in [2.05, 4.69) is 50.4 Å². The second-order valence-electron chi connectivity index (χ2n) is 6.28. The van der Waals surface area contributed by atoms with Gasteiger partial charge < -0.3 is 10.1 Å². The maximum absolute atomic E-state index is 5.57. The third kappa shape index (κ3) is 4.32. The zero-order valence-electron chi connectivity index (χ0n) is 13.2. The van der Waals surface area contributed by atoms with Crippen molar-refractivity contribution in [3.05, 3.63) is 35.4 Å². The summed E-state index contributed by atoms with van der Waals surface area (Å²) in [4.78, 5) is 0. The Balaban J connectivity index is 1.98. The lowest BCUT2D eigenvalue weighted by Gasteiger charge is -2.24. The number of hydrogen-bond acceptors (Lipinski definition) is 2. The second kappa shape index (κ2) is 7.80. The summed E-state index contributed by atoms with van der Waals surface area (Å²) >= 11 is 0. The van der Waals surface area contributed by atoms with Crippen molar-refractivity contribution in [3.8, 4) is 0 Å². The maximum atomic E-state index is 5.57. The molecule has 1 fully saturated rings. The lowest BCUT2D eigenvalue weighted by atomic mass is 9.91. The van der Waals surface area contributed by atoms with Crippen LogP contribution in [0.25, 0.3) is 0 Å². The molecule has 2 heteroatoms. The molecule has 0 saturated carbocycles. The van der Waals surface area contributed by atoms with Crippen LogP contribution in [0, 0.1) is 5.92 Å². The zero-order valence-corrected chi connectivity index (χ0v) is 13.2. The molecule has 2 atom stereocenters. The van der Waals surface area contributed by atoms with Crippen LogP contribution in [0.3, 0.4) is 0 Å². The van der Waals surface area contributed by atoms with Crippen molar-refractivity contribution >= 4 is 0 Å². The third-order valence-electron chi connectivity index (χ3n) is 4.29. The fraction of sp³-hybridized carbons (Fsp3) is 0.667. The summed E-state index contributed by atoms with van der Waals surface area (Å²) in [5.41, 5.74) is 2.87. The largest absolute Gasteiger partial charge is 0.381 e. The molecule has 2 nitrogen and oxygen atoms in total. The molecular formula is C18H29NO. The monoisotopic (exact) mass is 275 g/mol. The highest BCUT2D eigenvalue weighted by atomic mass is 16.5. The van der Waals surface area contributed by atoms with Gasteiger partial charge in [0.2, 0.25) is 0 Å². The summed E-state index contributed by atoms with van der Waals surface area (Å²) in [5.74, 6) is 1.28. The molecule has 0 spiro atoms.